The molecule has 0 aliphatic rings. The molecule has 0 radical (unpaired) electrons. The number of alkyl halides is 1. The van der Waals surface area contributed by atoms with Crippen LogP contribution in [0.25, 0.3) is 0 Å². The van der Waals surface area contributed by atoms with E-state index in [1.165, 1.54) is 6.08 Å². The first-order valence-corrected chi connectivity index (χ1v) is 3.31. The van der Waals surface area contributed by atoms with Crippen LogP contribution in [-0.4, -0.2) is 35.1 Å². The summed E-state index contributed by atoms with van der Waals surface area (Å²) in [4.78, 5) is 0. The van der Waals surface area contributed by atoms with Crippen LogP contribution in [0.1, 0.15) is 0 Å². The zero-order valence-corrected chi connectivity index (χ0v) is 6.29. The number of rotatable bonds is 5. The fraction of sp³-hybridized carbons (Fsp3) is 0.667. The van der Waals surface area contributed by atoms with Crippen LogP contribution in [0.5, 0.6) is 0 Å². The molecule has 2 N–H and O–H groups in total. The van der Waals surface area contributed by atoms with E-state index in [2.05, 4.69) is 6.58 Å². The Morgan fingerprint density at radius 1 is 1.70 bits per heavy atom. The Morgan fingerprint density at radius 3 is 2.70 bits per heavy atom. The fourth-order valence-corrected chi connectivity index (χ4v) is 0.396. The number of aliphatic hydroxyl groups excluding tert-OH is 2. The van der Waals surface area contributed by atoms with E-state index in [0.717, 1.165) is 0 Å². The van der Waals surface area contributed by atoms with Gasteiger partial charge < -0.3 is 14.9 Å². The molecule has 2 atom stereocenters. The maximum Gasteiger partial charge on any atom is 0.149 e. The fourth-order valence-electron chi connectivity index (χ4n) is 0.324. The number of aliphatic hydroxyl groups is 2. The number of hydrogen-bond acceptors (Lipinski definition) is 3. The largest absolute Gasteiger partial charge is 0.394 e. The van der Waals surface area contributed by atoms with Gasteiger partial charge in [0.25, 0.3) is 0 Å². The third kappa shape index (κ3) is 4.76. The van der Waals surface area contributed by atoms with Crippen molar-refractivity contribution in [2.24, 2.45) is 0 Å². The van der Waals surface area contributed by atoms with E-state index >= 15 is 0 Å². The molecule has 4 heteroatoms. The van der Waals surface area contributed by atoms with Gasteiger partial charge in [-0.2, -0.15) is 0 Å². The highest BCUT2D eigenvalue weighted by Gasteiger charge is 2.04. The van der Waals surface area contributed by atoms with Crippen molar-refractivity contribution in [3.63, 3.8) is 0 Å². The highest BCUT2D eigenvalue weighted by molar-refractivity contribution is 6.20. The molecule has 0 aromatic rings. The topological polar surface area (TPSA) is 49.7 Å². The van der Waals surface area contributed by atoms with Crippen LogP contribution in [-0.2, 0) is 4.74 Å². The third-order valence-corrected chi connectivity index (χ3v) is 1.15. The van der Waals surface area contributed by atoms with Gasteiger partial charge in [-0.3, -0.25) is 0 Å². The van der Waals surface area contributed by atoms with Crippen molar-refractivity contribution in [3.8, 4) is 0 Å². The Labute approximate surface area is 64.9 Å². The molecule has 0 heterocycles. The van der Waals surface area contributed by atoms with Crippen molar-refractivity contribution >= 4 is 11.6 Å². The van der Waals surface area contributed by atoms with Crippen LogP contribution in [0.3, 0.4) is 0 Å². The summed E-state index contributed by atoms with van der Waals surface area (Å²) in [6.07, 6.45) is 0.534. The van der Waals surface area contributed by atoms with Crippen molar-refractivity contribution in [3.05, 3.63) is 12.7 Å². The van der Waals surface area contributed by atoms with Gasteiger partial charge in [-0.1, -0.05) is 18.2 Å². The summed E-state index contributed by atoms with van der Waals surface area (Å²) in [5, 5.41) is 17.1. The highest BCUT2D eigenvalue weighted by Crippen LogP contribution is 1.99. The third-order valence-electron chi connectivity index (χ3n) is 0.844. The van der Waals surface area contributed by atoms with E-state index < -0.39 is 11.7 Å². The predicted molar refractivity (Wildman–Crippen MR) is 38.9 cm³/mol. The summed E-state index contributed by atoms with van der Waals surface area (Å²) in [7, 11) is 0. The normalized spacial score (nSPS) is 16.3. The number of ether oxygens (including phenoxy) is 1. The second-order valence-corrected chi connectivity index (χ2v) is 2.19. The minimum atomic E-state index is -0.860. The first kappa shape index (κ1) is 9.91. The van der Waals surface area contributed by atoms with E-state index in [-0.39, 0.29) is 13.2 Å². The molecule has 0 saturated carbocycles. The minimum Gasteiger partial charge on any atom is -0.394 e. The molecule has 10 heavy (non-hydrogen) atoms. The lowest BCUT2D eigenvalue weighted by Crippen LogP contribution is -2.21. The van der Waals surface area contributed by atoms with Crippen molar-refractivity contribution in [2.45, 2.75) is 11.7 Å². The molecule has 0 aromatic carbocycles. The predicted octanol–water partition coefficient (Wildman–Crippen LogP) is 0.107. The Morgan fingerprint density at radius 2 is 2.30 bits per heavy atom. The second-order valence-electron chi connectivity index (χ2n) is 1.76. The monoisotopic (exact) mass is 166 g/mol. The minimum absolute atomic E-state index is 0.0245. The van der Waals surface area contributed by atoms with E-state index in [1.807, 2.05) is 0 Å². The van der Waals surface area contributed by atoms with Gasteiger partial charge in [0, 0.05) is 0 Å². The molecule has 60 valence electrons. The molecule has 0 bridgehead atoms. The van der Waals surface area contributed by atoms with Crippen LogP contribution in [0.4, 0.5) is 0 Å². The molecular weight excluding hydrogens is 156 g/mol. The first-order chi connectivity index (χ1) is 4.70. The maximum absolute atomic E-state index is 8.73. The lowest BCUT2D eigenvalue weighted by atomic mass is 10.4. The van der Waals surface area contributed by atoms with Crippen LogP contribution in [0, 0.1) is 0 Å². The number of hydrogen-bond donors (Lipinski definition) is 2. The average molecular weight is 167 g/mol. The molecule has 3 nitrogen and oxygen atoms in total. The smallest absolute Gasteiger partial charge is 0.149 e. The molecule has 0 aromatic heterocycles. The van der Waals surface area contributed by atoms with Crippen molar-refractivity contribution in [1.82, 2.24) is 0 Å². The lowest BCUT2D eigenvalue weighted by molar-refractivity contribution is 0.00582. The Bertz CT molecular complexity index is 97.0. The van der Waals surface area contributed by atoms with Gasteiger partial charge in [0.05, 0.1) is 13.2 Å². The summed E-state index contributed by atoms with van der Waals surface area (Å²) in [5.74, 6) is 0. The Hall–Kier alpha value is -0.0900. The molecule has 0 rings (SSSR count). The van der Waals surface area contributed by atoms with Gasteiger partial charge in [-0.05, 0) is 6.08 Å². The quantitative estimate of drug-likeness (QED) is 0.450. The van der Waals surface area contributed by atoms with Crippen LogP contribution >= 0.6 is 11.6 Å². The highest BCUT2D eigenvalue weighted by atomic mass is 35.5. The summed E-state index contributed by atoms with van der Waals surface area (Å²) < 4.78 is 4.78. The van der Waals surface area contributed by atoms with Gasteiger partial charge in [-0.15, -0.1) is 0 Å². The Balaban J connectivity index is 3.25. The van der Waals surface area contributed by atoms with E-state index in [4.69, 9.17) is 26.6 Å². The summed E-state index contributed by atoms with van der Waals surface area (Å²) in [5.41, 5.74) is -0.596. The van der Waals surface area contributed by atoms with E-state index in [9.17, 15) is 0 Å². The maximum atomic E-state index is 8.73. The second kappa shape index (κ2) is 5.68. The van der Waals surface area contributed by atoms with Crippen LogP contribution in [0.2, 0.25) is 0 Å². The first-order valence-electron chi connectivity index (χ1n) is 2.88. The molecule has 0 aliphatic carbocycles. The summed E-state index contributed by atoms with van der Waals surface area (Å²) in [6.45, 7) is 3.07. The summed E-state index contributed by atoms with van der Waals surface area (Å²) >= 11 is 5.43. The molecule has 0 spiro atoms. The van der Waals surface area contributed by atoms with Crippen LogP contribution in [0.15, 0.2) is 12.7 Å². The standard InChI is InChI=1S/C6H11ClO3/c1-2-6(7)10-4-5(9)3-8/h2,5-6,8-9H,1,3-4H2. The van der Waals surface area contributed by atoms with Gasteiger partial charge >= 0.3 is 0 Å². The van der Waals surface area contributed by atoms with Gasteiger partial charge in [0.15, 0.2) is 0 Å². The number of halogens is 1. The molecule has 0 fully saturated rings. The molecule has 0 saturated heterocycles. The molecule has 2 unspecified atom stereocenters. The Kier molecular flexibility index (Phi) is 5.63. The van der Waals surface area contributed by atoms with Crippen molar-refractivity contribution in [2.75, 3.05) is 13.2 Å². The van der Waals surface area contributed by atoms with Crippen molar-refractivity contribution in [1.29, 1.82) is 0 Å². The lowest BCUT2D eigenvalue weighted by Gasteiger charge is -2.09. The van der Waals surface area contributed by atoms with Gasteiger partial charge in [0.2, 0.25) is 0 Å². The van der Waals surface area contributed by atoms with Crippen molar-refractivity contribution < 1.29 is 14.9 Å². The molecule has 0 amide bonds. The molecule has 0 aliphatic heterocycles. The summed E-state index contributed by atoms with van der Waals surface area (Å²) in [6, 6.07) is 0. The molecular formula is C6H11ClO3. The van der Waals surface area contributed by atoms with E-state index in [0.29, 0.717) is 0 Å². The zero-order chi connectivity index (χ0) is 7.98. The van der Waals surface area contributed by atoms with Gasteiger partial charge in [0.1, 0.15) is 11.7 Å². The SMILES string of the molecule is C=CC(Cl)OCC(O)CO. The van der Waals surface area contributed by atoms with E-state index in [1.54, 1.807) is 0 Å². The average Bonchev–Trinajstić information content (AvgIpc) is 1.99. The van der Waals surface area contributed by atoms with Gasteiger partial charge in [-0.25, -0.2) is 0 Å². The zero-order valence-electron chi connectivity index (χ0n) is 5.53. The van der Waals surface area contributed by atoms with Crippen LogP contribution < -0.4 is 0 Å².